The molecule has 0 saturated carbocycles. The summed E-state index contributed by atoms with van der Waals surface area (Å²) in [7, 11) is 0. The van der Waals surface area contributed by atoms with Crippen molar-refractivity contribution < 1.29 is 4.79 Å². The van der Waals surface area contributed by atoms with Crippen molar-refractivity contribution in [3.63, 3.8) is 0 Å². The lowest BCUT2D eigenvalue weighted by atomic mass is 9.92. The molecule has 0 unspecified atom stereocenters. The number of carbonyl (C=O) groups is 1. The van der Waals surface area contributed by atoms with Gasteiger partial charge in [0, 0.05) is 23.4 Å². The van der Waals surface area contributed by atoms with Gasteiger partial charge in [-0.15, -0.1) is 0 Å². The van der Waals surface area contributed by atoms with Crippen molar-refractivity contribution in [1.29, 1.82) is 0 Å². The first-order valence-corrected chi connectivity index (χ1v) is 11.2. The highest BCUT2D eigenvalue weighted by atomic mass is 16.2. The number of aromatic nitrogens is 4. The molecule has 2 N–H and O–H groups in total. The Morgan fingerprint density at radius 2 is 2.00 bits per heavy atom. The number of aromatic amines is 1. The van der Waals surface area contributed by atoms with E-state index in [4.69, 9.17) is 0 Å². The number of carbonyl (C=O) groups excluding carboxylic acids is 1. The normalized spacial score (nSPS) is 15.4. The molecule has 0 aliphatic heterocycles. The molecule has 8 nitrogen and oxygen atoms in total. The van der Waals surface area contributed by atoms with Crippen molar-refractivity contribution in [2.45, 2.75) is 45.3 Å². The molecule has 0 saturated heterocycles. The maximum absolute atomic E-state index is 13.1. The van der Waals surface area contributed by atoms with Gasteiger partial charge in [0.25, 0.3) is 5.91 Å². The highest BCUT2D eigenvalue weighted by Crippen LogP contribution is 2.30. The molecule has 2 aromatic heterocycles. The molecule has 1 aliphatic rings. The molecule has 1 amide bonds. The van der Waals surface area contributed by atoms with Crippen LogP contribution in [-0.2, 0) is 19.5 Å². The predicted molar refractivity (Wildman–Crippen MR) is 125 cm³/mol. The van der Waals surface area contributed by atoms with E-state index in [9.17, 15) is 14.4 Å². The smallest absolute Gasteiger partial charge is 0.316 e. The van der Waals surface area contributed by atoms with Crippen LogP contribution in [0.15, 0.2) is 64.3 Å². The molecule has 8 heteroatoms. The number of benzene rings is 2. The summed E-state index contributed by atoms with van der Waals surface area (Å²) in [6.45, 7) is 2.89. The SMILES string of the molecule is CCn1c(=O)c(=O)[nH]c2cc(C(=O)N[C@@H]3CCCc4c3cnn4Cc3ccccc3)ccc21. The Kier molecular flexibility index (Phi) is 5.42. The van der Waals surface area contributed by atoms with Gasteiger partial charge in [0.05, 0.1) is 29.8 Å². The first-order valence-electron chi connectivity index (χ1n) is 11.2. The van der Waals surface area contributed by atoms with Crippen LogP contribution in [0.5, 0.6) is 0 Å². The molecular weight excluding hydrogens is 418 g/mol. The largest absolute Gasteiger partial charge is 0.345 e. The lowest BCUT2D eigenvalue weighted by Crippen LogP contribution is -2.36. The molecule has 33 heavy (non-hydrogen) atoms. The van der Waals surface area contributed by atoms with E-state index in [0.717, 1.165) is 30.5 Å². The van der Waals surface area contributed by atoms with Crippen molar-refractivity contribution in [1.82, 2.24) is 24.6 Å². The number of amides is 1. The lowest BCUT2D eigenvalue weighted by molar-refractivity contribution is 0.0932. The summed E-state index contributed by atoms with van der Waals surface area (Å²) >= 11 is 0. The lowest BCUT2D eigenvalue weighted by Gasteiger charge is -2.24. The number of hydrogen-bond acceptors (Lipinski definition) is 4. The minimum atomic E-state index is -0.690. The van der Waals surface area contributed by atoms with Crippen LogP contribution in [0, 0.1) is 0 Å². The second-order valence-electron chi connectivity index (χ2n) is 8.34. The number of nitrogens with one attached hydrogen (secondary N) is 2. The Labute approximate surface area is 189 Å². The van der Waals surface area contributed by atoms with Gasteiger partial charge in [-0.3, -0.25) is 19.1 Å². The third-order valence-electron chi connectivity index (χ3n) is 6.30. The van der Waals surface area contributed by atoms with Gasteiger partial charge in [-0.1, -0.05) is 30.3 Å². The third-order valence-corrected chi connectivity index (χ3v) is 6.30. The minimum absolute atomic E-state index is 0.120. The maximum Gasteiger partial charge on any atom is 0.316 e. The van der Waals surface area contributed by atoms with Gasteiger partial charge >= 0.3 is 11.1 Å². The summed E-state index contributed by atoms with van der Waals surface area (Å²) in [5.74, 6) is -0.222. The van der Waals surface area contributed by atoms with Gasteiger partial charge in [-0.05, 0) is 49.9 Å². The highest BCUT2D eigenvalue weighted by Gasteiger charge is 2.26. The zero-order valence-electron chi connectivity index (χ0n) is 18.4. The summed E-state index contributed by atoms with van der Waals surface area (Å²) < 4.78 is 3.43. The molecule has 4 aromatic rings. The summed E-state index contributed by atoms with van der Waals surface area (Å²) in [5, 5.41) is 7.73. The Hall–Kier alpha value is -3.94. The Balaban J connectivity index is 1.40. The fraction of sp³-hybridized carbons (Fsp3) is 0.280. The van der Waals surface area contributed by atoms with Crippen LogP contribution in [0.25, 0.3) is 11.0 Å². The summed E-state index contributed by atoms with van der Waals surface area (Å²) in [5.41, 5.74) is 3.61. The van der Waals surface area contributed by atoms with E-state index >= 15 is 0 Å². The zero-order chi connectivity index (χ0) is 22.9. The highest BCUT2D eigenvalue weighted by molar-refractivity contribution is 5.97. The molecule has 168 valence electrons. The second kappa shape index (κ2) is 8.54. The number of rotatable bonds is 5. The van der Waals surface area contributed by atoms with Crippen LogP contribution in [0.3, 0.4) is 0 Å². The second-order valence-corrected chi connectivity index (χ2v) is 8.34. The molecule has 0 radical (unpaired) electrons. The monoisotopic (exact) mass is 443 g/mol. The fourth-order valence-corrected chi connectivity index (χ4v) is 4.64. The Morgan fingerprint density at radius 1 is 1.18 bits per heavy atom. The van der Waals surface area contributed by atoms with Crippen molar-refractivity contribution in [2.24, 2.45) is 0 Å². The van der Waals surface area contributed by atoms with Crippen molar-refractivity contribution >= 4 is 16.9 Å². The average Bonchev–Trinajstić information content (AvgIpc) is 3.24. The first-order chi connectivity index (χ1) is 16.0. The maximum atomic E-state index is 13.1. The van der Waals surface area contributed by atoms with Gasteiger partial charge in [-0.2, -0.15) is 5.10 Å². The van der Waals surface area contributed by atoms with Gasteiger partial charge < -0.3 is 14.9 Å². The molecule has 0 spiro atoms. The van der Waals surface area contributed by atoms with E-state index < -0.39 is 11.1 Å². The van der Waals surface area contributed by atoms with Crippen LogP contribution in [-0.4, -0.2) is 25.2 Å². The molecular formula is C25H25N5O3. The molecule has 2 heterocycles. The third kappa shape index (κ3) is 3.88. The number of aryl methyl sites for hydroxylation is 1. The summed E-state index contributed by atoms with van der Waals surface area (Å²) in [6, 6.07) is 15.1. The van der Waals surface area contributed by atoms with Crippen LogP contribution in [0.4, 0.5) is 0 Å². The van der Waals surface area contributed by atoms with Crippen molar-refractivity contribution in [3.05, 3.63) is 97.8 Å². The van der Waals surface area contributed by atoms with E-state index in [0.29, 0.717) is 29.7 Å². The first kappa shape index (κ1) is 20.9. The van der Waals surface area contributed by atoms with E-state index in [-0.39, 0.29) is 11.9 Å². The summed E-state index contributed by atoms with van der Waals surface area (Å²) in [6.07, 6.45) is 4.60. The molecule has 1 atom stereocenters. The van der Waals surface area contributed by atoms with Crippen molar-refractivity contribution in [2.75, 3.05) is 0 Å². The van der Waals surface area contributed by atoms with Crippen LogP contribution >= 0.6 is 0 Å². The van der Waals surface area contributed by atoms with Crippen LogP contribution < -0.4 is 16.4 Å². The molecule has 2 aromatic carbocycles. The van der Waals surface area contributed by atoms with E-state index in [1.54, 1.807) is 25.1 Å². The van der Waals surface area contributed by atoms with Gasteiger partial charge in [0.1, 0.15) is 0 Å². The number of H-pyrrole nitrogens is 1. The predicted octanol–water partition coefficient (Wildman–Crippen LogP) is 2.76. The molecule has 0 fully saturated rings. The minimum Gasteiger partial charge on any atom is -0.345 e. The van der Waals surface area contributed by atoms with Crippen molar-refractivity contribution in [3.8, 4) is 0 Å². The fourth-order valence-electron chi connectivity index (χ4n) is 4.64. The standard InChI is InChI=1S/C25H25N5O3/c1-2-29-22-12-11-17(13-20(22)28-24(32)25(29)33)23(31)27-19-9-6-10-21-18(19)14-26-30(21)15-16-7-4-3-5-8-16/h3-5,7-8,11-14,19H,2,6,9-10,15H2,1H3,(H,27,31)(H,28,32)/t19-/m1/s1. The quantitative estimate of drug-likeness (QED) is 0.463. The van der Waals surface area contributed by atoms with E-state index in [2.05, 4.69) is 27.5 Å². The van der Waals surface area contributed by atoms with Gasteiger partial charge in [-0.25, -0.2) is 0 Å². The number of fused-ring (bicyclic) bond motifs is 2. The number of nitrogens with zero attached hydrogens (tertiary/aromatic N) is 3. The number of hydrogen-bond donors (Lipinski definition) is 2. The molecule has 5 rings (SSSR count). The van der Waals surface area contributed by atoms with E-state index in [1.807, 2.05) is 29.1 Å². The average molecular weight is 444 g/mol. The van der Waals surface area contributed by atoms with Gasteiger partial charge in [0.2, 0.25) is 0 Å². The van der Waals surface area contributed by atoms with Gasteiger partial charge in [0.15, 0.2) is 0 Å². The van der Waals surface area contributed by atoms with E-state index in [1.165, 1.54) is 10.1 Å². The van der Waals surface area contributed by atoms with Crippen LogP contribution in [0.2, 0.25) is 0 Å². The topological polar surface area (TPSA) is 102 Å². The molecule has 0 bridgehead atoms. The summed E-state index contributed by atoms with van der Waals surface area (Å²) in [4.78, 5) is 39.7. The molecule has 1 aliphatic carbocycles. The Bertz CT molecular complexity index is 1450. The Morgan fingerprint density at radius 3 is 2.79 bits per heavy atom. The van der Waals surface area contributed by atoms with Crippen LogP contribution in [0.1, 0.15) is 53.0 Å². The zero-order valence-corrected chi connectivity index (χ0v) is 18.4.